The van der Waals surface area contributed by atoms with Crippen LogP contribution in [-0.2, 0) is 4.79 Å². The predicted molar refractivity (Wildman–Crippen MR) is 75.6 cm³/mol. The molecular weight excluding hydrogens is 244 g/mol. The molecule has 3 nitrogen and oxygen atoms in total. The summed E-state index contributed by atoms with van der Waals surface area (Å²) >= 11 is 1.72. The highest BCUT2D eigenvalue weighted by Gasteiger charge is 2.21. The highest BCUT2D eigenvalue weighted by Crippen LogP contribution is 2.18. The van der Waals surface area contributed by atoms with Crippen molar-refractivity contribution in [1.82, 2.24) is 10.6 Å². The van der Waals surface area contributed by atoms with Gasteiger partial charge in [0.25, 0.3) is 0 Å². The highest BCUT2D eigenvalue weighted by atomic mass is 35.5. The summed E-state index contributed by atoms with van der Waals surface area (Å²) in [6.07, 6.45) is 0. The number of halogens is 1. The number of amides is 1. The van der Waals surface area contributed by atoms with Gasteiger partial charge in [0.1, 0.15) is 0 Å². The van der Waals surface area contributed by atoms with E-state index in [1.54, 1.807) is 11.8 Å². The maximum atomic E-state index is 11.8. The van der Waals surface area contributed by atoms with Gasteiger partial charge in [-0.25, -0.2) is 0 Å². The summed E-state index contributed by atoms with van der Waals surface area (Å²) in [7, 11) is 0. The van der Waals surface area contributed by atoms with E-state index < -0.39 is 0 Å². The van der Waals surface area contributed by atoms with Crippen LogP contribution in [0.15, 0.2) is 0 Å². The quantitative estimate of drug-likeness (QED) is 0.661. The molecule has 1 amide bonds. The van der Waals surface area contributed by atoms with Crippen LogP contribution in [0.2, 0.25) is 0 Å². The number of carbonyl (C=O) groups is 1. The lowest BCUT2D eigenvalue weighted by Gasteiger charge is -2.19. The van der Waals surface area contributed by atoms with Crippen molar-refractivity contribution in [2.45, 2.75) is 32.9 Å². The average Bonchev–Trinajstić information content (AvgIpc) is 2.20. The van der Waals surface area contributed by atoms with Gasteiger partial charge in [-0.2, -0.15) is 0 Å². The maximum Gasteiger partial charge on any atom is 0.233 e. The zero-order valence-corrected chi connectivity index (χ0v) is 12.3. The summed E-state index contributed by atoms with van der Waals surface area (Å²) in [5.74, 6) is 1.56. The van der Waals surface area contributed by atoms with E-state index in [-0.39, 0.29) is 23.6 Å². The summed E-state index contributed by atoms with van der Waals surface area (Å²) in [6, 6.07) is 0. The van der Waals surface area contributed by atoms with Crippen LogP contribution in [0.3, 0.4) is 0 Å². The lowest BCUT2D eigenvalue weighted by molar-refractivity contribution is -0.121. The molecule has 16 heavy (non-hydrogen) atoms. The Hall–Kier alpha value is 0.0700. The van der Waals surface area contributed by atoms with Gasteiger partial charge >= 0.3 is 0 Å². The molecule has 0 aliphatic rings. The van der Waals surface area contributed by atoms with Crippen molar-refractivity contribution in [2.24, 2.45) is 5.92 Å². The molecular formula is C11H25ClN2OS. The van der Waals surface area contributed by atoms with E-state index in [4.69, 9.17) is 0 Å². The molecule has 1 unspecified atom stereocenters. The molecule has 0 rings (SSSR count). The normalized spacial score (nSPS) is 12.1. The van der Waals surface area contributed by atoms with Crippen LogP contribution < -0.4 is 10.6 Å². The van der Waals surface area contributed by atoms with Gasteiger partial charge < -0.3 is 10.6 Å². The molecule has 1 atom stereocenters. The van der Waals surface area contributed by atoms with Crippen molar-refractivity contribution in [3.8, 4) is 0 Å². The molecule has 0 radical (unpaired) electrons. The Kier molecular flexibility index (Phi) is 13.3. The number of hydrogen-bond donors (Lipinski definition) is 2. The third kappa shape index (κ3) is 8.25. The molecule has 0 aromatic rings. The van der Waals surface area contributed by atoms with Crippen LogP contribution >= 0.6 is 24.2 Å². The van der Waals surface area contributed by atoms with E-state index in [1.807, 2.05) is 0 Å². The highest BCUT2D eigenvalue weighted by molar-refractivity contribution is 8.00. The fourth-order valence-electron chi connectivity index (χ4n) is 1.30. The number of hydrogen-bond acceptors (Lipinski definition) is 3. The minimum absolute atomic E-state index is 0. The second-order valence-electron chi connectivity index (χ2n) is 3.76. The molecule has 0 aromatic carbocycles. The number of carbonyl (C=O) groups excluding carboxylic acids is 1. The zero-order chi connectivity index (χ0) is 11.7. The Labute approximate surface area is 110 Å². The average molecular weight is 269 g/mol. The van der Waals surface area contributed by atoms with Crippen molar-refractivity contribution in [3.05, 3.63) is 0 Å². The number of nitrogens with one attached hydrogen (secondary N) is 2. The third-order valence-electron chi connectivity index (χ3n) is 2.06. The molecule has 0 aromatic heterocycles. The van der Waals surface area contributed by atoms with Gasteiger partial charge in [-0.1, -0.05) is 27.7 Å². The number of likely N-dealkylation sites (N-methyl/N-ethyl adjacent to an activating group) is 1. The van der Waals surface area contributed by atoms with Crippen LogP contribution in [0.25, 0.3) is 0 Å². The van der Waals surface area contributed by atoms with Crippen molar-refractivity contribution in [3.63, 3.8) is 0 Å². The van der Waals surface area contributed by atoms with Gasteiger partial charge in [0.05, 0.1) is 5.25 Å². The number of thioether (sulfide) groups is 1. The SMILES string of the molecule is CCNCCNC(=O)C(SCC)C(C)C.Cl. The molecule has 0 heterocycles. The van der Waals surface area contributed by atoms with E-state index in [1.165, 1.54) is 0 Å². The van der Waals surface area contributed by atoms with Crippen LogP contribution in [0.5, 0.6) is 0 Å². The lowest BCUT2D eigenvalue weighted by atomic mass is 10.1. The van der Waals surface area contributed by atoms with Gasteiger partial charge in [-0.05, 0) is 18.2 Å². The molecule has 0 saturated carbocycles. The minimum atomic E-state index is 0. The van der Waals surface area contributed by atoms with Crippen molar-refractivity contribution < 1.29 is 4.79 Å². The molecule has 5 heteroatoms. The molecule has 0 saturated heterocycles. The van der Waals surface area contributed by atoms with Gasteiger partial charge in [0.2, 0.25) is 5.91 Å². The molecule has 0 fully saturated rings. The first-order chi connectivity index (χ1) is 7.13. The summed E-state index contributed by atoms with van der Waals surface area (Å²) < 4.78 is 0. The second kappa shape index (κ2) is 11.6. The monoisotopic (exact) mass is 268 g/mol. The minimum Gasteiger partial charge on any atom is -0.354 e. The lowest BCUT2D eigenvalue weighted by Crippen LogP contribution is -2.39. The topological polar surface area (TPSA) is 41.1 Å². The molecule has 98 valence electrons. The van der Waals surface area contributed by atoms with E-state index in [0.29, 0.717) is 5.92 Å². The van der Waals surface area contributed by atoms with Crippen LogP contribution in [0, 0.1) is 5.92 Å². The Morgan fingerprint density at radius 1 is 1.25 bits per heavy atom. The first kappa shape index (κ1) is 18.4. The number of rotatable bonds is 8. The van der Waals surface area contributed by atoms with Crippen LogP contribution in [-0.4, -0.2) is 36.5 Å². The Morgan fingerprint density at radius 3 is 2.31 bits per heavy atom. The van der Waals surface area contributed by atoms with E-state index >= 15 is 0 Å². The predicted octanol–water partition coefficient (Wildman–Crippen LogP) is 1.91. The Bertz CT molecular complexity index is 179. The van der Waals surface area contributed by atoms with Crippen molar-refractivity contribution >= 4 is 30.1 Å². The summed E-state index contributed by atoms with van der Waals surface area (Å²) in [4.78, 5) is 11.8. The Balaban J connectivity index is 0. The molecule has 0 aliphatic carbocycles. The van der Waals surface area contributed by atoms with Gasteiger partial charge in [-0.15, -0.1) is 24.2 Å². The summed E-state index contributed by atoms with van der Waals surface area (Å²) in [5, 5.41) is 6.24. The fourth-order valence-corrected chi connectivity index (χ4v) is 2.28. The first-order valence-corrected chi connectivity index (χ1v) is 6.78. The molecule has 2 N–H and O–H groups in total. The smallest absolute Gasteiger partial charge is 0.233 e. The molecule has 0 spiro atoms. The standard InChI is InChI=1S/C11H24N2OS.ClH/c1-5-12-7-8-13-11(14)10(9(3)4)15-6-2;/h9-10,12H,5-8H2,1-4H3,(H,13,14);1H. The largest absolute Gasteiger partial charge is 0.354 e. The Morgan fingerprint density at radius 2 is 1.88 bits per heavy atom. The van der Waals surface area contributed by atoms with E-state index in [9.17, 15) is 4.79 Å². The van der Waals surface area contributed by atoms with Gasteiger partial charge in [0.15, 0.2) is 0 Å². The maximum absolute atomic E-state index is 11.8. The first-order valence-electron chi connectivity index (χ1n) is 5.73. The molecule has 0 aliphatic heterocycles. The van der Waals surface area contributed by atoms with Crippen molar-refractivity contribution in [1.29, 1.82) is 0 Å². The summed E-state index contributed by atoms with van der Waals surface area (Å²) in [5.41, 5.74) is 0. The van der Waals surface area contributed by atoms with Gasteiger partial charge in [-0.3, -0.25) is 4.79 Å². The zero-order valence-electron chi connectivity index (χ0n) is 10.7. The van der Waals surface area contributed by atoms with Gasteiger partial charge in [0, 0.05) is 13.1 Å². The van der Waals surface area contributed by atoms with Crippen LogP contribution in [0.1, 0.15) is 27.7 Å². The second-order valence-corrected chi connectivity index (χ2v) is 5.18. The summed E-state index contributed by atoms with van der Waals surface area (Å²) in [6.45, 7) is 10.9. The fraction of sp³-hybridized carbons (Fsp3) is 0.909. The van der Waals surface area contributed by atoms with Crippen molar-refractivity contribution in [2.75, 3.05) is 25.4 Å². The van der Waals surface area contributed by atoms with E-state index in [2.05, 4.69) is 38.3 Å². The van der Waals surface area contributed by atoms with Crippen LogP contribution in [0.4, 0.5) is 0 Å². The van der Waals surface area contributed by atoms with E-state index in [0.717, 1.165) is 25.4 Å². The molecule has 0 bridgehead atoms. The third-order valence-corrected chi connectivity index (χ3v) is 3.51.